The van der Waals surface area contributed by atoms with Gasteiger partial charge in [-0.1, -0.05) is 0 Å². The van der Waals surface area contributed by atoms with Gasteiger partial charge < -0.3 is 27.2 Å². The quantitative estimate of drug-likeness (QED) is 0.228. The lowest BCUT2D eigenvalue weighted by Crippen LogP contribution is -2.55. The smallest absolute Gasteiger partial charge is 0.327 e. The summed E-state index contributed by atoms with van der Waals surface area (Å²) < 4.78 is 0. The number of thioether (sulfide) groups is 1. The number of nitrogens with one attached hydrogen (secondary N) is 2. The van der Waals surface area contributed by atoms with Gasteiger partial charge in [-0.3, -0.25) is 14.4 Å². The van der Waals surface area contributed by atoms with Crippen LogP contribution in [0, 0.1) is 0 Å². The fourth-order valence-electron chi connectivity index (χ4n) is 1.52. The van der Waals surface area contributed by atoms with Crippen LogP contribution in [0.4, 0.5) is 0 Å². The summed E-state index contributed by atoms with van der Waals surface area (Å²) in [6.07, 6.45) is 1.79. The monoisotopic (exact) mass is 366 g/mol. The maximum atomic E-state index is 12.0. The van der Waals surface area contributed by atoms with Gasteiger partial charge in [-0.25, -0.2) is 4.79 Å². The minimum atomic E-state index is -1.29. The average molecular weight is 366 g/mol. The van der Waals surface area contributed by atoms with Crippen LogP contribution in [0.2, 0.25) is 0 Å². The molecule has 0 aliphatic heterocycles. The number of carbonyl (C=O) groups excluding carboxylic acids is 3. The maximum absolute atomic E-state index is 12.0. The van der Waals surface area contributed by atoms with Crippen molar-refractivity contribution >= 4 is 48.1 Å². The molecule has 0 radical (unpaired) electrons. The van der Waals surface area contributed by atoms with Crippen molar-refractivity contribution in [2.75, 3.05) is 17.8 Å². The number of nitrogens with two attached hydrogens (primary N) is 2. The van der Waals surface area contributed by atoms with Crippen molar-refractivity contribution in [2.45, 2.75) is 31.0 Å². The number of aliphatic carboxylic acids is 1. The molecule has 3 atom stereocenters. The Labute approximate surface area is 143 Å². The summed E-state index contributed by atoms with van der Waals surface area (Å²) in [6, 6.07) is -3.38. The van der Waals surface area contributed by atoms with Crippen molar-refractivity contribution < 1.29 is 24.3 Å². The number of carboxylic acids is 1. The highest BCUT2D eigenvalue weighted by Gasteiger charge is 2.28. The van der Waals surface area contributed by atoms with Gasteiger partial charge in [0.1, 0.15) is 12.1 Å². The van der Waals surface area contributed by atoms with E-state index in [9.17, 15) is 19.2 Å². The van der Waals surface area contributed by atoms with Crippen molar-refractivity contribution in [3.05, 3.63) is 0 Å². The Hall–Kier alpha value is -1.46. The van der Waals surface area contributed by atoms with Crippen LogP contribution >= 0.6 is 24.4 Å². The molecule has 0 heterocycles. The lowest BCUT2D eigenvalue weighted by atomic mass is 10.1. The van der Waals surface area contributed by atoms with Crippen LogP contribution in [0.3, 0.4) is 0 Å². The van der Waals surface area contributed by atoms with Crippen molar-refractivity contribution in [3.63, 3.8) is 0 Å². The van der Waals surface area contributed by atoms with Gasteiger partial charge in [0.15, 0.2) is 0 Å². The van der Waals surface area contributed by atoms with E-state index in [2.05, 4.69) is 23.3 Å². The summed E-state index contributed by atoms with van der Waals surface area (Å²) in [5.74, 6) is -3.04. The SMILES string of the molecule is CSCC[C@H](N)C(=O)N[C@@H](CC(N)=O)C(=O)N[C@@H](CS)C(=O)O. The van der Waals surface area contributed by atoms with Gasteiger partial charge in [0, 0.05) is 5.75 Å². The lowest BCUT2D eigenvalue weighted by Gasteiger charge is -2.21. The molecule has 9 nitrogen and oxygen atoms in total. The number of thiol groups is 1. The fourth-order valence-corrected chi connectivity index (χ4v) is 2.26. The molecule has 0 rings (SSSR count). The van der Waals surface area contributed by atoms with Crippen LogP contribution in [-0.4, -0.2) is 64.7 Å². The van der Waals surface area contributed by atoms with E-state index >= 15 is 0 Å². The van der Waals surface area contributed by atoms with E-state index in [0.29, 0.717) is 12.2 Å². The van der Waals surface area contributed by atoms with Gasteiger partial charge in [0.05, 0.1) is 12.5 Å². The molecule has 23 heavy (non-hydrogen) atoms. The summed E-state index contributed by atoms with van der Waals surface area (Å²) in [5.41, 5.74) is 10.7. The largest absolute Gasteiger partial charge is 0.480 e. The molecule has 0 unspecified atom stereocenters. The molecule has 0 aliphatic rings. The normalized spacial score (nSPS) is 14.4. The molecule has 0 aromatic rings. The third kappa shape index (κ3) is 8.67. The second-order valence-electron chi connectivity index (χ2n) is 4.70. The molecule has 11 heteroatoms. The minimum Gasteiger partial charge on any atom is -0.480 e. The number of amides is 3. The van der Waals surface area contributed by atoms with Crippen LogP contribution < -0.4 is 22.1 Å². The number of rotatable bonds is 11. The Bertz CT molecular complexity index is 449. The first kappa shape index (κ1) is 21.5. The van der Waals surface area contributed by atoms with Gasteiger partial charge in [-0.2, -0.15) is 24.4 Å². The Morgan fingerprint density at radius 1 is 1.17 bits per heavy atom. The lowest BCUT2D eigenvalue weighted by molar-refractivity contribution is -0.141. The molecule has 0 aliphatic carbocycles. The Morgan fingerprint density at radius 3 is 2.17 bits per heavy atom. The van der Waals surface area contributed by atoms with Crippen LogP contribution in [0.25, 0.3) is 0 Å². The van der Waals surface area contributed by atoms with Gasteiger partial charge in [0.25, 0.3) is 0 Å². The van der Waals surface area contributed by atoms with E-state index in [1.165, 1.54) is 11.8 Å². The van der Waals surface area contributed by atoms with E-state index in [4.69, 9.17) is 16.6 Å². The van der Waals surface area contributed by atoms with Crippen LogP contribution in [0.5, 0.6) is 0 Å². The van der Waals surface area contributed by atoms with E-state index in [-0.39, 0.29) is 5.75 Å². The molecule has 3 amide bonds. The summed E-state index contributed by atoms with van der Waals surface area (Å²) in [4.78, 5) is 45.9. The Balaban J connectivity index is 4.86. The minimum absolute atomic E-state index is 0.147. The van der Waals surface area contributed by atoms with Gasteiger partial charge >= 0.3 is 5.97 Å². The topological polar surface area (TPSA) is 165 Å². The van der Waals surface area contributed by atoms with Gasteiger partial charge in [-0.05, 0) is 18.4 Å². The average Bonchev–Trinajstić information content (AvgIpc) is 2.48. The summed E-state index contributed by atoms with van der Waals surface area (Å²) in [5, 5.41) is 13.4. The molecule has 0 spiro atoms. The summed E-state index contributed by atoms with van der Waals surface area (Å²) in [7, 11) is 0. The summed E-state index contributed by atoms with van der Waals surface area (Å²) in [6.45, 7) is 0. The first-order chi connectivity index (χ1) is 10.7. The number of carboxylic acid groups (broad SMARTS) is 1. The number of hydrogen-bond donors (Lipinski definition) is 6. The molecule has 132 valence electrons. The Morgan fingerprint density at radius 2 is 1.74 bits per heavy atom. The van der Waals surface area contributed by atoms with Crippen LogP contribution in [-0.2, 0) is 19.2 Å². The molecule has 0 aromatic heterocycles. The number of carbonyl (C=O) groups is 4. The second kappa shape index (κ2) is 11.1. The third-order valence-corrected chi connectivity index (χ3v) is 3.81. The van der Waals surface area contributed by atoms with E-state index < -0.39 is 48.2 Å². The van der Waals surface area contributed by atoms with Crippen molar-refractivity contribution in [3.8, 4) is 0 Å². The van der Waals surface area contributed by atoms with Gasteiger partial charge in [0.2, 0.25) is 17.7 Å². The molecule has 0 bridgehead atoms. The summed E-state index contributed by atoms with van der Waals surface area (Å²) >= 11 is 5.32. The van der Waals surface area contributed by atoms with E-state index in [0.717, 1.165) is 0 Å². The number of primary amides is 1. The van der Waals surface area contributed by atoms with E-state index in [1.54, 1.807) is 0 Å². The standard InChI is InChI=1S/C12H22N4O5S2/c1-23-3-2-6(13)10(18)15-7(4-9(14)17)11(19)16-8(5-22)12(20)21/h6-8,22H,2-5,13H2,1H3,(H2,14,17)(H,15,18)(H,16,19)(H,20,21)/t6-,7-,8-/m0/s1. The van der Waals surface area contributed by atoms with E-state index in [1.807, 2.05) is 6.26 Å². The second-order valence-corrected chi connectivity index (χ2v) is 6.05. The van der Waals surface area contributed by atoms with Crippen molar-refractivity contribution in [2.24, 2.45) is 11.5 Å². The zero-order valence-electron chi connectivity index (χ0n) is 12.7. The maximum Gasteiger partial charge on any atom is 0.327 e. The molecule has 7 N–H and O–H groups in total. The first-order valence-electron chi connectivity index (χ1n) is 6.70. The third-order valence-electron chi connectivity index (χ3n) is 2.81. The van der Waals surface area contributed by atoms with Gasteiger partial charge in [-0.15, -0.1) is 0 Å². The molecule has 0 saturated heterocycles. The fraction of sp³-hybridized carbons (Fsp3) is 0.667. The van der Waals surface area contributed by atoms with Crippen LogP contribution in [0.1, 0.15) is 12.8 Å². The zero-order chi connectivity index (χ0) is 18.0. The number of hydrogen-bond acceptors (Lipinski definition) is 7. The predicted octanol–water partition coefficient (Wildman–Crippen LogP) is -2.07. The van der Waals surface area contributed by atoms with Crippen LogP contribution in [0.15, 0.2) is 0 Å². The van der Waals surface area contributed by atoms with Crippen molar-refractivity contribution in [1.82, 2.24) is 10.6 Å². The highest BCUT2D eigenvalue weighted by atomic mass is 32.2. The molecular formula is C12H22N4O5S2. The predicted molar refractivity (Wildman–Crippen MR) is 90.1 cm³/mol. The molecule has 0 fully saturated rings. The first-order valence-corrected chi connectivity index (χ1v) is 8.72. The molecule has 0 aromatic carbocycles. The van der Waals surface area contributed by atoms with Crippen molar-refractivity contribution in [1.29, 1.82) is 0 Å². The highest BCUT2D eigenvalue weighted by Crippen LogP contribution is 2.01. The highest BCUT2D eigenvalue weighted by molar-refractivity contribution is 7.98. The zero-order valence-corrected chi connectivity index (χ0v) is 14.4. The molecular weight excluding hydrogens is 344 g/mol. The molecule has 0 saturated carbocycles. The Kier molecular flexibility index (Phi) is 10.4.